The number of likely N-dealkylation sites (N-methyl/N-ethyl adjacent to an activating group) is 1. The quantitative estimate of drug-likeness (QED) is 0.390. The summed E-state index contributed by atoms with van der Waals surface area (Å²) in [6.07, 6.45) is 0.290. The Morgan fingerprint density at radius 3 is 2.47 bits per heavy atom. The molecule has 0 radical (unpaired) electrons. The minimum Gasteiger partial charge on any atom is -0.480 e. The third-order valence-electron chi connectivity index (χ3n) is 5.65. The van der Waals surface area contributed by atoms with Crippen molar-refractivity contribution in [2.45, 2.75) is 18.9 Å². The van der Waals surface area contributed by atoms with Crippen molar-refractivity contribution in [1.82, 2.24) is 19.9 Å². The number of amides is 1. The van der Waals surface area contributed by atoms with Crippen LogP contribution in [-0.2, 0) is 17.6 Å². The molecule has 0 spiro atoms. The first kappa shape index (κ1) is 26.7. The van der Waals surface area contributed by atoms with Gasteiger partial charge in [-0.2, -0.15) is 15.0 Å². The van der Waals surface area contributed by atoms with E-state index < -0.39 is 18.1 Å². The number of carboxylic acid groups (broad SMARTS) is 1. The number of anilines is 2. The van der Waals surface area contributed by atoms with Gasteiger partial charge in [0, 0.05) is 34.1 Å². The lowest BCUT2D eigenvalue weighted by molar-refractivity contribution is -0.137. The third kappa shape index (κ3) is 6.91. The largest absolute Gasteiger partial charge is 0.480 e. The molecule has 1 aliphatic heterocycles. The number of carboxylic acids is 1. The number of aliphatic carboxylic acids is 1. The Bertz CT molecular complexity index is 1310. The highest BCUT2D eigenvalue weighted by molar-refractivity contribution is 6.28. The predicted molar refractivity (Wildman–Crippen MR) is 139 cm³/mol. The van der Waals surface area contributed by atoms with Gasteiger partial charge < -0.3 is 34.4 Å². The van der Waals surface area contributed by atoms with Gasteiger partial charge in [0.1, 0.15) is 11.8 Å². The average molecular weight is 543 g/mol. The zero-order valence-electron chi connectivity index (χ0n) is 21.0. The number of aromatic nitrogens is 3. The molecule has 1 amide bonds. The van der Waals surface area contributed by atoms with E-state index in [0.29, 0.717) is 36.0 Å². The van der Waals surface area contributed by atoms with E-state index in [2.05, 4.69) is 20.3 Å². The summed E-state index contributed by atoms with van der Waals surface area (Å²) in [6, 6.07) is 11.3. The number of hydrogen-bond acceptors (Lipinski definition) is 10. The zero-order valence-corrected chi connectivity index (χ0v) is 21.8. The molecule has 2 heterocycles. The van der Waals surface area contributed by atoms with Crippen LogP contribution in [0.4, 0.5) is 16.7 Å². The van der Waals surface area contributed by atoms with Crippen LogP contribution in [0, 0.1) is 0 Å². The Hall–Kier alpha value is -4.32. The summed E-state index contributed by atoms with van der Waals surface area (Å²) in [5, 5.41) is 12.5. The smallest absolute Gasteiger partial charge is 0.414 e. The number of hydrogen-bond donors (Lipinski definition) is 2. The van der Waals surface area contributed by atoms with Crippen LogP contribution in [0.3, 0.4) is 0 Å². The van der Waals surface area contributed by atoms with Gasteiger partial charge >= 0.3 is 12.1 Å². The molecular weight excluding hydrogens is 516 g/mol. The molecule has 0 aliphatic carbocycles. The molecule has 13 heteroatoms. The molecule has 1 aromatic heterocycles. The highest BCUT2D eigenvalue weighted by Crippen LogP contribution is 2.32. The Kier molecular flexibility index (Phi) is 8.31. The molecule has 200 valence electrons. The summed E-state index contributed by atoms with van der Waals surface area (Å²) in [4.78, 5) is 39.4. The van der Waals surface area contributed by atoms with Gasteiger partial charge in [-0.15, -0.1) is 0 Å². The van der Waals surface area contributed by atoms with Gasteiger partial charge in [0.25, 0.3) is 0 Å². The van der Waals surface area contributed by atoms with E-state index in [0.717, 1.165) is 11.3 Å². The van der Waals surface area contributed by atoms with Crippen molar-refractivity contribution in [2.24, 2.45) is 0 Å². The molecule has 1 atom stereocenters. The maximum Gasteiger partial charge on any atom is 0.414 e. The predicted octanol–water partition coefficient (Wildman–Crippen LogP) is 3.10. The molecule has 38 heavy (non-hydrogen) atoms. The van der Waals surface area contributed by atoms with Crippen molar-refractivity contribution >= 4 is 35.6 Å². The molecule has 1 aliphatic rings. The number of benzene rings is 2. The van der Waals surface area contributed by atoms with Crippen molar-refractivity contribution in [1.29, 1.82) is 0 Å². The van der Waals surface area contributed by atoms with Gasteiger partial charge in [-0.25, -0.2) is 9.59 Å². The minimum absolute atomic E-state index is 0.0406. The van der Waals surface area contributed by atoms with Crippen LogP contribution in [0.2, 0.25) is 5.28 Å². The second-order valence-corrected chi connectivity index (χ2v) is 9.07. The van der Waals surface area contributed by atoms with E-state index >= 15 is 0 Å². The number of carbonyl (C=O) groups is 2. The van der Waals surface area contributed by atoms with Crippen molar-refractivity contribution in [3.63, 3.8) is 0 Å². The van der Waals surface area contributed by atoms with E-state index in [1.54, 1.807) is 43.3 Å². The van der Waals surface area contributed by atoms with E-state index in [-0.39, 0.29) is 24.4 Å². The van der Waals surface area contributed by atoms with Gasteiger partial charge in [-0.1, -0.05) is 18.2 Å². The van der Waals surface area contributed by atoms with Crippen molar-refractivity contribution in [2.75, 3.05) is 44.7 Å². The minimum atomic E-state index is -1.10. The fraction of sp³-hybridized carbons (Fsp3) is 0.320. The van der Waals surface area contributed by atoms with E-state index in [9.17, 15) is 14.7 Å². The van der Waals surface area contributed by atoms with Gasteiger partial charge in [0.2, 0.25) is 24.0 Å². The number of nitrogens with one attached hydrogen (secondary N) is 1. The SMILES string of the molecule is CN(C)C(=O)Oc1ccc(C[C@H](Nc2nc(Cl)nc(N(C)CCc3ccc4c(c3)OCO4)n2)C(=O)O)cc1. The summed E-state index contributed by atoms with van der Waals surface area (Å²) in [6.45, 7) is 0.777. The summed E-state index contributed by atoms with van der Waals surface area (Å²) in [5.41, 5.74) is 1.75. The highest BCUT2D eigenvalue weighted by Gasteiger charge is 2.21. The maximum absolute atomic E-state index is 12.0. The molecule has 0 bridgehead atoms. The molecule has 12 nitrogen and oxygen atoms in total. The second kappa shape index (κ2) is 11.8. The summed E-state index contributed by atoms with van der Waals surface area (Å²) < 4.78 is 16.0. The molecule has 0 saturated carbocycles. The number of rotatable bonds is 10. The standard InChI is InChI=1S/C25H27ClN6O6/c1-31(2)25(35)38-17-7-4-15(5-8-17)12-18(21(33)34)27-23-28-22(26)29-24(30-23)32(3)11-10-16-6-9-19-20(13-16)37-14-36-19/h4-9,13,18H,10-12,14H2,1-3H3,(H,33,34)(H,27,28,29,30)/t18-/m0/s1. The van der Waals surface area contributed by atoms with Crippen LogP contribution in [-0.4, -0.2) is 77.5 Å². The van der Waals surface area contributed by atoms with Crippen molar-refractivity contribution in [3.05, 3.63) is 58.9 Å². The first-order valence-corrected chi connectivity index (χ1v) is 12.0. The maximum atomic E-state index is 12.0. The molecular formula is C25H27ClN6O6. The number of fused-ring (bicyclic) bond motifs is 1. The summed E-state index contributed by atoms with van der Waals surface area (Å²) in [7, 11) is 4.97. The van der Waals surface area contributed by atoms with Crippen LogP contribution in [0.5, 0.6) is 17.2 Å². The fourth-order valence-electron chi connectivity index (χ4n) is 3.55. The van der Waals surface area contributed by atoms with E-state index in [1.165, 1.54) is 4.90 Å². The molecule has 0 fully saturated rings. The number of halogens is 1. The molecule has 3 aromatic rings. The zero-order chi connectivity index (χ0) is 27.2. The molecule has 2 aromatic carbocycles. The third-order valence-corrected chi connectivity index (χ3v) is 5.81. The van der Waals surface area contributed by atoms with E-state index in [4.69, 9.17) is 25.8 Å². The van der Waals surface area contributed by atoms with Gasteiger partial charge in [0.05, 0.1) is 0 Å². The number of ether oxygens (including phenoxy) is 3. The lowest BCUT2D eigenvalue weighted by Gasteiger charge is -2.19. The average Bonchev–Trinajstić information content (AvgIpc) is 3.35. The van der Waals surface area contributed by atoms with Crippen LogP contribution in [0.25, 0.3) is 0 Å². The topological polar surface area (TPSA) is 139 Å². The summed E-state index contributed by atoms with van der Waals surface area (Å²) in [5.74, 6) is 1.03. The molecule has 0 unspecified atom stereocenters. The first-order chi connectivity index (χ1) is 18.2. The fourth-order valence-corrected chi connectivity index (χ4v) is 3.70. The lowest BCUT2D eigenvalue weighted by atomic mass is 10.1. The van der Waals surface area contributed by atoms with Crippen LogP contribution < -0.4 is 24.4 Å². The Balaban J connectivity index is 1.39. The van der Waals surface area contributed by atoms with Gasteiger partial charge in [-0.3, -0.25) is 0 Å². The van der Waals surface area contributed by atoms with Crippen LogP contribution in [0.1, 0.15) is 11.1 Å². The van der Waals surface area contributed by atoms with Crippen LogP contribution >= 0.6 is 11.6 Å². The first-order valence-electron chi connectivity index (χ1n) is 11.7. The molecule has 0 saturated heterocycles. The molecule has 2 N–H and O–H groups in total. The Labute approximate surface area is 224 Å². The second-order valence-electron chi connectivity index (χ2n) is 8.73. The number of carbonyl (C=O) groups excluding carboxylic acids is 1. The Morgan fingerprint density at radius 1 is 1.05 bits per heavy atom. The summed E-state index contributed by atoms with van der Waals surface area (Å²) >= 11 is 6.13. The number of nitrogens with zero attached hydrogens (tertiary/aromatic N) is 5. The monoisotopic (exact) mass is 542 g/mol. The van der Waals surface area contributed by atoms with Crippen molar-refractivity contribution < 1.29 is 28.9 Å². The Morgan fingerprint density at radius 2 is 1.76 bits per heavy atom. The highest BCUT2D eigenvalue weighted by atomic mass is 35.5. The lowest BCUT2D eigenvalue weighted by Crippen LogP contribution is -2.33. The molecule has 4 rings (SSSR count). The normalized spacial score (nSPS) is 12.5. The van der Waals surface area contributed by atoms with Crippen molar-refractivity contribution in [3.8, 4) is 17.2 Å². The van der Waals surface area contributed by atoms with Gasteiger partial charge in [-0.05, 0) is 53.4 Å². The van der Waals surface area contributed by atoms with Crippen LogP contribution in [0.15, 0.2) is 42.5 Å². The van der Waals surface area contributed by atoms with E-state index in [1.807, 2.05) is 25.2 Å². The van der Waals surface area contributed by atoms with Gasteiger partial charge in [0.15, 0.2) is 11.5 Å².